The molecule has 6 nitrogen and oxygen atoms in total. The maximum Gasteiger partial charge on any atom is 0.347 e. The normalized spacial score (nSPS) is 27.4. The van der Waals surface area contributed by atoms with Crippen molar-refractivity contribution >= 4 is 27.3 Å². The van der Waals surface area contributed by atoms with E-state index in [1.54, 1.807) is 0 Å². The predicted molar refractivity (Wildman–Crippen MR) is 88.7 cm³/mol. The molecule has 0 radical (unpaired) electrons. The fourth-order valence-electron chi connectivity index (χ4n) is 3.54. The Morgan fingerprint density at radius 1 is 1.40 bits per heavy atom. The van der Waals surface area contributed by atoms with Crippen LogP contribution in [0.1, 0.15) is 52.7 Å². The highest BCUT2D eigenvalue weighted by Gasteiger charge is 2.47. The van der Waals surface area contributed by atoms with Gasteiger partial charge in [-0.3, -0.25) is 0 Å². The third kappa shape index (κ3) is 4.01. The van der Waals surface area contributed by atoms with E-state index in [-0.39, 0.29) is 30.2 Å². The van der Waals surface area contributed by atoms with Gasteiger partial charge in [-0.15, -0.1) is 11.3 Å². The Hall–Kier alpha value is -1.13. The highest BCUT2D eigenvalue weighted by molar-refractivity contribution is 7.89. The summed E-state index contributed by atoms with van der Waals surface area (Å²) < 4.78 is 54.0. The second-order valence-electron chi connectivity index (χ2n) is 6.69. The largest absolute Gasteiger partial charge is 0.477 e. The van der Waals surface area contributed by atoms with Crippen LogP contribution in [0, 0.1) is 5.92 Å². The average molecular weight is 394 g/mol. The van der Waals surface area contributed by atoms with E-state index in [1.807, 2.05) is 0 Å². The average Bonchev–Trinajstić information content (AvgIpc) is 3.15. The van der Waals surface area contributed by atoms with Crippen molar-refractivity contribution in [3.05, 3.63) is 16.1 Å². The smallest absolute Gasteiger partial charge is 0.347 e. The van der Waals surface area contributed by atoms with Gasteiger partial charge in [0.25, 0.3) is 5.92 Å². The van der Waals surface area contributed by atoms with Gasteiger partial charge in [-0.1, -0.05) is 0 Å². The van der Waals surface area contributed by atoms with Crippen LogP contribution in [0.25, 0.3) is 0 Å². The number of halogens is 2. The summed E-state index contributed by atoms with van der Waals surface area (Å²) in [5, 5.41) is 9.57. The number of alkyl halides is 2. The van der Waals surface area contributed by atoms with E-state index in [0.29, 0.717) is 30.8 Å². The number of hydrogen-bond acceptors (Lipinski definition) is 5. The summed E-state index contributed by atoms with van der Waals surface area (Å²) in [5.74, 6) is -5.80. The van der Waals surface area contributed by atoms with Crippen molar-refractivity contribution < 1.29 is 27.1 Å². The van der Waals surface area contributed by atoms with E-state index in [1.165, 1.54) is 10.5 Å². The number of carbonyl (C=O) groups is 1. The van der Waals surface area contributed by atoms with E-state index >= 15 is 0 Å². The van der Waals surface area contributed by atoms with Gasteiger partial charge in [0.15, 0.2) is 0 Å². The quantitative estimate of drug-likeness (QED) is 0.830. The number of hydrogen-bond donors (Lipinski definition) is 1. The number of carboxylic acid groups (broad SMARTS) is 1. The summed E-state index contributed by atoms with van der Waals surface area (Å²) in [5.41, 5.74) is 0. The minimum absolute atomic E-state index is 0.112. The Bertz CT molecular complexity index is 750. The zero-order chi connectivity index (χ0) is 18.2. The molecule has 2 atom stereocenters. The Labute approximate surface area is 148 Å². The van der Waals surface area contributed by atoms with Crippen molar-refractivity contribution in [2.45, 2.75) is 43.9 Å². The van der Waals surface area contributed by atoms with E-state index in [9.17, 15) is 22.0 Å². The summed E-state index contributed by atoms with van der Waals surface area (Å²) in [4.78, 5) is 15.2. The first kappa shape index (κ1) is 18.7. The SMILES string of the molecule is O=C(O)c1cnc(C2CCCN(S(=O)(=O)CC3CCCC3(F)F)C2)s1. The molecular formula is C15H20F2N2O4S2. The Balaban J connectivity index is 1.70. The number of sulfonamides is 1. The third-order valence-electron chi connectivity index (χ3n) is 4.93. The van der Waals surface area contributed by atoms with Gasteiger partial charge in [-0.05, 0) is 25.7 Å². The molecule has 2 aliphatic rings. The molecule has 2 unspecified atom stereocenters. The number of piperidine rings is 1. The van der Waals surface area contributed by atoms with E-state index in [0.717, 1.165) is 11.3 Å². The van der Waals surface area contributed by atoms with Crippen LogP contribution in [-0.4, -0.2) is 53.5 Å². The first-order valence-corrected chi connectivity index (χ1v) is 10.7. The molecule has 1 aromatic heterocycles. The number of aromatic nitrogens is 1. The van der Waals surface area contributed by atoms with Gasteiger partial charge < -0.3 is 5.11 Å². The summed E-state index contributed by atoms with van der Waals surface area (Å²) in [6.07, 6.45) is 2.93. The number of aromatic carboxylic acids is 1. The van der Waals surface area contributed by atoms with Gasteiger partial charge in [-0.25, -0.2) is 31.3 Å². The van der Waals surface area contributed by atoms with Gasteiger partial charge in [0.1, 0.15) is 4.88 Å². The number of thiazole rings is 1. The van der Waals surface area contributed by atoms with Crippen LogP contribution in [-0.2, 0) is 10.0 Å². The second-order valence-corrected chi connectivity index (χ2v) is 9.77. The van der Waals surface area contributed by atoms with Crippen LogP contribution < -0.4 is 0 Å². The molecule has 1 saturated carbocycles. The molecule has 1 aliphatic heterocycles. The molecular weight excluding hydrogens is 374 g/mol. The van der Waals surface area contributed by atoms with Crippen molar-refractivity contribution in [1.82, 2.24) is 9.29 Å². The molecule has 2 fully saturated rings. The second kappa shape index (κ2) is 6.88. The van der Waals surface area contributed by atoms with Crippen molar-refractivity contribution in [3.63, 3.8) is 0 Å². The Kier molecular flexibility index (Phi) is 5.13. The minimum Gasteiger partial charge on any atom is -0.477 e. The van der Waals surface area contributed by atoms with Crippen molar-refractivity contribution in [2.24, 2.45) is 5.92 Å². The maximum absolute atomic E-state index is 13.8. The van der Waals surface area contributed by atoms with Crippen LogP contribution >= 0.6 is 11.3 Å². The number of carboxylic acids is 1. The zero-order valence-electron chi connectivity index (χ0n) is 13.5. The first-order valence-electron chi connectivity index (χ1n) is 8.24. The van der Waals surface area contributed by atoms with Gasteiger partial charge in [0.05, 0.1) is 17.0 Å². The molecule has 1 saturated heterocycles. The van der Waals surface area contributed by atoms with Crippen molar-refractivity contribution in [2.75, 3.05) is 18.8 Å². The lowest BCUT2D eigenvalue weighted by molar-refractivity contribution is -0.0291. The van der Waals surface area contributed by atoms with E-state index in [4.69, 9.17) is 5.11 Å². The van der Waals surface area contributed by atoms with Crippen LogP contribution in [0.2, 0.25) is 0 Å². The molecule has 1 aliphatic carbocycles. The Morgan fingerprint density at radius 2 is 2.16 bits per heavy atom. The summed E-state index contributed by atoms with van der Waals surface area (Å²) in [6, 6.07) is 0. The van der Waals surface area contributed by atoms with E-state index in [2.05, 4.69) is 4.98 Å². The molecule has 1 aromatic rings. The summed E-state index contributed by atoms with van der Waals surface area (Å²) in [6.45, 7) is 0.488. The monoisotopic (exact) mass is 394 g/mol. The molecule has 3 rings (SSSR count). The third-order valence-corrected chi connectivity index (χ3v) is 8.02. The minimum atomic E-state index is -3.77. The van der Waals surface area contributed by atoms with Crippen LogP contribution in [0.3, 0.4) is 0 Å². The van der Waals surface area contributed by atoms with Crippen LogP contribution in [0.15, 0.2) is 6.20 Å². The van der Waals surface area contributed by atoms with E-state index < -0.39 is 33.6 Å². The molecule has 0 spiro atoms. The first-order chi connectivity index (χ1) is 11.7. The lowest BCUT2D eigenvalue weighted by Crippen LogP contribution is -2.43. The maximum atomic E-state index is 13.8. The van der Waals surface area contributed by atoms with Crippen molar-refractivity contribution in [3.8, 4) is 0 Å². The molecule has 2 heterocycles. The number of nitrogens with zero attached hydrogens (tertiary/aromatic N) is 2. The summed E-state index contributed by atoms with van der Waals surface area (Å²) >= 11 is 1.04. The van der Waals surface area contributed by atoms with Gasteiger partial charge in [0, 0.05) is 31.3 Å². The van der Waals surface area contributed by atoms with Crippen LogP contribution in [0.5, 0.6) is 0 Å². The summed E-state index contributed by atoms with van der Waals surface area (Å²) in [7, 11) is -3.77. The van der Waals surface area contributed by atoms with Gasteiger partial charge in [-0.2, -0.15) is 0 Å². The molecule has 0 bridgehead atoms. The molecule has 1 N–H and O–H groups in total. The predicted octanol–water partition coefficient (Wildman–Crippen LogP) is 2.79. The highest BCUT2D eigenvalue weighted by Crippen LogP contribution is 2.41. The zero-order valence-corrected chi connectivity index (χ0v) is 15.2. The topological polar surface area (TPSA) is 87.6 Å². The molecule has 25 heavy (non-hydrogen) atoms. The lowest BCUT2D eigenvalue weighted by Gasteiger charge is -2.32. The fourth-order valence-corrected chi connectivity index (χ4v) is 6.36. The van der Waals surface area contributed by atoms with Crippen LogP contribution in [0.4, 0.5) is 8.78 Å². The standard InChI is InChI=1S/C15H20F2N2O4S2/c16-15(17)5-1-4-11(15)9-25(22,23)19-6-2-3-10(8-19)13-18-7-12(24-13)14(20)21/h7,10-11H,1-6,8-9H2,(H,20,21). The highest BCUT2D eigenvalue weighted by atomic mass is 32.2. The molecule has 10 heteroatoms. The van der Waals surface area contributed by atoms with Gasteiger partial charge in [0.2, 0.25) is 10.0 Å². The lowest BCUT2D eigenvalue weighted by atomic mass is 10.0. The van der Waals surface area contributed by atoms with Gasteiger partial charge >= 0.3 is 5.97 Å². The fraction of sp³-hybridized carbons (Fsp3) is 0.733. The molecule has 140 valence electrons. The Morgan fingerprint density at radius 3 is 2.76 bits per heavy atom. The van der Waals surface area contributed by atoms with Crippen molar-refractivity contribution in [1.29, 1.82) is 0 Å². The molecule has 0 aromatic carbocycles. The molecule has 0 amide bonds. The number of rotatable bonds is 5.